The second-order valence-electron chi connectivity index (χ2n) is 11.5. The fourth-order valence-electron chi connectivity index (χ4n) is 6.49. The molecule has 0 saturated carbocycles. The van der Waals surface area contributed by atoms with Gasteiger partial charge in [-0.15, -0.1) is 0 Å². The van der Waals surface area contributed by atoms with E-state index in [9.17, 15) is 14.4 Å². The van der Waals surface area contributed by atoms with E-state index in [1.807, 2.05) is 36.4 Å². The third-order valence-corrected chi connectivity index (χ3v) is 9.50. The third-order valence-electron chi connectivity index (χ3n) is 8.64. The number of carbonyl (C=O) groups excluding carboxylic acids is 3. The Kier molecular flexibility index (Phi) is 10.7. The van der Waals surface area contributed by atoms with Gasteiger partial charge in [-0.25, -0.2) is 14.4 Å². The van der Waals surface area contributed by atoms with Crippen LogP contribution in [0.1, 0.15) is 53.6 Å². The summed E-state index contributed by atoms with van der Waals surface area (Å²) in [4.78, 5) is 43.4. The molecule has 0 N–H and O–H groups in total. The number of carbonyl (C=O) groups is 3. The molecule has 50 heavy (non-hydrogen) atoms. The normalized spacial score (nSPS) is 14.4. The van der Waals surface area contributed by atoms with Gasteiger partial charge in [0.1, 0.15) is 6.61 Å². The molecule has 0 bridgehead atoms. The average molecular weight is 789 g/mol. The number of nitrogens with zero attached hydrogens (tertiary/aromatic N) is 4. The van der Waals surface area contributed by atoms with Crippen molar-refractivity contribution in [3.63, 3.8) is 0 Å². The highest BCUT2D eigenvalue weighted by Gasteiger charge is 2.36. The molecule has 2 aliphatic rings. The smallest absolute Gasteiger partial charge is 0.448 e. The van der Waals surface area contributed by atoms with E-state index in [0.717, 1.165) is 37.0 Å². The molecule has 1 unspecified atom stereocenters. The Morgan fingerprint density at radius 3 is 2.06 bits per heavy atom. The zero-order chi connectivity index (χ0) is 35.2. The van der Waals surface area contributed by atoms with Gasteiger partial charge >= 0.3 is 18.4 Å². The van der Waals surface area contributed by atoms with Crippen LogP contribution in [0.5, 0.6) is 11.5 Å². The quantitative estimate of drug-likeness (QED) is 0.0310. The predicted molar refractivity (Wildman–Crippen MR) is 192 cm³/mol. The molecule has 1 aliphatic heterocycles. The fraction of sp³-hybridized carbons (Fsp3) is 0.270. The first kappa shape index (κ1) is 34.6. The monoisotopic (exact) mass is 788 g/mol. The molecule has 12 nitrogen and oxygen atoms in total. The molecule has 1 heterocycles. The predicted octanol–water partition coefficient (Wildman–Crippen LogP) is 9.39. The lowest BCUT2D eigenvalue weighted by Crippen LogP contribution is -2.41. The van der Waals surface area contributed by atoms with Crippen molar-refractivity contribution < 1.29 is 38.1 Å². The molecule has 0 spiro atoms. The van der Waals surface area contributed by atoms with Gasteiger partial charge in [0, 0.05) is 20.9 Å². The van der Waals surface area contributed by atoms with Crippen LogP contribution in [0.3, 0.4) is 0 Å². The van der Waals surface area contributed by atoms with Gasteiger partial charge in [0.2, 0.25) is 0 Å². The molecule has 1 amide bonds. The first-order chi connectivity index (χ1) is 24.3. The van der Waals surface area contributed by atoms with Crippen molar-refractivity contribution in [2.24, 2.45) is 5.11 Å². The van der Waals surface area contributed by atoms with E-state index in [-0.39, 0.29) is 37.2 Å². The number of azide groups is 1. The van der Waals surface area contributed by atoms with E-state index >= 15 is 0 Å². The third kappa shape index (κ3) is 7.33. The number of ether oxygens (including phenoxy) is 5. The minimum atomic E-state index is -0.981. The molecular weight excluding hydrogens is 755 g/mol. The molecular formula is C37H33IN4O8. The van der Waals surface area contributed by atoms with Gasteiger partial charge < -0.3 is 28.6 Å². The van der Waals surface area contributed by atoms with Gasteiger partial charge in [-0.1, -0.05) is 65.8 Å². The zero-order valence-electron chi connectivity index (χ0n) is 27.3. The van der Waals surface area contributed by atoms with E-state index in [0.29, 0.717) is 30.6 Å². The van der Waals surface area contributed by atoms with Crippen molar-refractivity contribution in [1.29, 1.82) is 0 Å². The highest BCUT2D eigenvalue weighted by atomic mass is 127. The maximum atomic E-state index is 14.1. The van der Waals surface area contributed by atoms with Crippen LogP contribution >= 0.6 is 22.6 Å². The molecule has 0 radical (unpaired) electrons. The van der Waals surface area contributed by atoms with E-state index in [2.05, 4.69) is 56.9 Å². The summed E-state index contributed by atoms with van der Waals surface area (Å²) in [5.41, 5.74) is 16.2. The van der Waals surface area contributed by atoms with Gasteiger partial charge in [-0.2, -0.15) is 0 Å². The SMILES string of the molecule is CCOC(=O)Oc1cc2c(cc1OC(=O)OCC)C(Cc1ccc(N=[N+]=[N-])c(I)c1)N(C(=O)OCC1c3ccccc3-c3ccccc31)CC2. The van der Waals surface area contributed by atoms with Crippen molar-refractivity contribution in [2.45, 2.75) is 38.6 Å². The lowest BCUT2D eigenvalue weighted by molar-refractivity contribution is 0.0796. The Hall–Kier alpha value is -5.27. The summed E-state index contributed by atoms with van der Waals surface area (Å²) < 4.78 is 27.7. The van der Waals surface area contributed by atoms with Crippen molar-refractivity contribution in [1.82, 2.24) is 4.90 Å². The van der Waals surface area contributed by atoms with E-state index in [4.69, 9.17) is 29.2 Å². The van der Waals surface area contributed by atoms with Gasteiger partial charge in [-0.05, 0) is 112 Å². The van der Waals surface area contributed by atoms with Crippen LogP contribution in [0.15, 0.2) is 84.0 Å². The van der Waals surface area contributed by atoms with E-state index in [1.54, 1.807) is 36.9 Å². The number of benzene rings is 4. The first-order valence-corrected chi connectivity index (χ1v) is 17.2. The van der Waals surface area contributed by atoms with Crippen molar-refractivity contribution in [2.75, 3.05) is 26.4 Å². The number of hydrogen-bond donors (Lipinski definition) is 0. The maximum absolute atomic E-state index is 14.1. The Balaban J connectivity index is 1.35. The van der Waals surface area contributed by atoms with Crippen LogP contribution in [0, 0.1) is 3.57 Å². The van der Waals surface area contributed by atoms with Crippen LogP contribution < -0.4 is 9.47 Å². The second kappa shape index (κ2) is 15.5. The van der Waals surface area contributed by atoms with Crippen LogP contribution in [-0.4, -0.2) is 49.7 Å². The van der Waals surface area contributed by atoms with E-state index in [1.165, 1.54) is 0 Å². The maximum Gasteiger partial charge on any atom is 0.513 e. The van der Waals surface area contributed by atoms with Crippen LogP contribution in [0.4, 0.5) is 20.1 Å². The van der Waals surface area contributed by atoms with Crippen LogP contribution in [-0.2, 0) is 27.1 Å². The Bertz CT molecular complexity index is 1950. The molecule has 13 heteroatoms. The zero-order valence-corrected chi connectivity index (χ0v) is 29.5. The summed E-state index contributed by atoms with van der Waals surface area (Å²) in [6.45, 7) is 3.89. The minimum Gasteiger partial charge on any atom is -0.448 e. The summed E-state index contributed by atoms with van der Waals surface area (Å²) in [5, 5.41) is 3.74. The number of hydrogen-bond acceptors (Lipinski definition) is 9. The molecule has 1 aliphatic carbocycles. The summed E-state index contributed by atoms with van der Waals surface area (Å²) >= 11 is 2.10. The van der Waals surface area contributed by atoms with Crippen molar-refractivity contribution >= 4 is 46.7 Å². The van der Waals surface area contributed by atoms with Gasteiger partial charge in [0.05, 0.1) is 24.9 Å². The molecule has 256 valence electrons. The van der Waals surface area contributed by atoms with Gasteiger partial charge in [0.25, 0.3) is 0 Å². The Morgan fingerprint density at radius 1 is 0.840 bits per heavy atom. The van der Waals surface area contributed by atoms with Gasteiger partial charge in [0.15, 0.2) is 11.5 Å². The highest BCUT2D eigenvalue weighted by molar-refractivity contribution is 14.1. The molecule has 4 aromatic carbocycles. The Labute approximate surface area is 302 Å². The number of rotatable bonds is 9. The number of amides is 1. The minimum absolute atomic E-state index is 0.0168. The Morgan fingerprint density at radius 2 is 1.46 bits per heavy atom. The summed E-state index contributed by atoms with van der Waals surface area (Å²) in [7, 11) is 0. The molecule has 4 aromatic rings. The number of fused-ring (bicyclic) bond motifs is 4. The lowest BCUT2D eigenvalue weighted by Gasteiger charge is -2.37. The largest absolute Gasteiger partial charge is 0.513 e. The van der Waals surface area contributed by atoms with Crippen molar-refractivity contribution in [3.8, 4) is 22.6 Å². The molecule has 6 rings (SSSR count). The second-order valence-corrected chi connectivity index (χ2v) is 12.7. The summed E-state index contributed by atoms with van der Waals surface area (Å²) in [6.07, 6.45) is -1.68. The van der Waals surface area contributed by atoms with Crippen molar-refractivity contribution in [3.05, 3.63) is 121 Å². The van der Waals surface area contributed by atoms with Crippen LogP contribution in [0.2, 0.25) is 0 Å². The molecule has 0 saturated heterocycles. The summed E-state index contributed by atoms with van der Waals surface area (Å²) in [6, 6.07) is 24.4. The summed E-state index contributed by atoms with van der Waals surface area (Å²) in [5.74, 6) is -0.205. The average Bonchev–Trinajstić information content (AvgIpc) is 3.42. The molecule has 0 aromatic heterocycles. The number of halogens is 1. The highest BCUT2D eigenvalue weighted by Crippen LogP contribution is 2.45. The van der Waals surface area contributed by atoms with Gasteiger partial charge in [-0.3, -0.25) is 0 Å². The standard InChI is InChI=1S/C37H33IN4O8/c1-3-46-36(44)49-33-19-23-15-16-42(35(43)48-21-29-26-11-7-5-9-24(26)25-10-6-8-12-27(25)29)32(28(23)20-34(33)50-37(45)47-4-2)18-22-13-14-31(40-41-39)30(38)17-22/h5-14,17,19-20,29,32H,3-4,15-16,18,21H2,1-2H3. The lowest BCUT2D eigenvalue weighted by atomic mass is 9.88. The van der Waals surface area contributed by atoms with E-state index < -0.39 is 24.4 Å². The topological polar surface area (TPSA) is 149 Å². The van der Waals surface area contributed by atoms with Crippen LogP contribution in [0.25, 0.3) is 21.6 Å². The first-order valence-electron chi connectivity index (χ1n) is 16.1. The molecule has 1 atom stereocenters. The molecule has 0 fully saturated rings. The fourth-order valence-corrected chi connectivity index (χ4v) is 7.18.